The minimum Gasteiger partial charge on any atom is -0.374 e. The predicted molar refractivity (Wildman–Crippen MR) is 300 cm³/mol. The summed E-state index contributed by atoms with van der Waals surface area (Å²) in [5.41, 5.74) is 3.24. The van der Waals surface area contributed by atoms with Crippen LogP contribution in [-0.2, 0) is 53.1 Å². The van der Waals surface area contributed by atoms with Crippen molar-refractivity contribution >= 4 is 11.8 Å². The zero-order valence-electron chi connectivity index (χ0n) is 46.8. The van der Waals surface area contributed by atoms with Crippen LogP contribution in [0, 0.1) is 17.8 Å². The monoisotopic (exact) mass is 1010 g/mol. The molecule has 1 fully saturated rings. The van der Waals surface area contributed by atoms with Crippen molar-refractivity contribution in [2.24, 2.45) is 17.8 Å². The molecule has 0 spiro atoms. The zero-order valence-corrected chi connectivity index (χ0v) is 46.8. The third kappa shape index (κ3) is 26.1. The molecule has 1 aliphatic heterocycles. The first kappa shape index (κ1) is 61.9. The maximum atomic E-state index is 14.4. The van der Waals surface area contributed by atoms with Gasteiger partial charge in [-0.15, -0.1) is 0 Å². The lowest BCUT2D eigenvalue weighted by Gasteiger charge is -2.44. The Bertz CT molecular complexity index is 1800. The lowest BCUT2D eigenvalue weighted by molar-refractivity contribution is -0.262. The summed E-state index contributed by atoms with van der Waals surface area (Å²) >= 11 is 0. The van der Waals surface area contributed by atoms with Crippen LogP contribution in [-0.4, -0.2) is 74.2 Å². The summed E-state index contributed by atoms with van der Waals surface area (Å²) in [5, 5.41) is 3.37. The van der Waals surface area contributed by atoms with Gasteiger partial charge in [0.15, 0.2) is 6.29 Å². The van der Waals surface area contributed by atoms with Gasteiger partial charge in [-0.2, -0.15) is 0 Å². The molecular formula is C64H102N2O7. The molecule has 0 radical (unpaired) electrons. The highest BCUT2D eigenvalue weighted by Gasteiger charge is 2.41. The van der Waals surface area contributed by atoms with E-state index in [0.29, 0.717) is 38.8 Å². The molecule has 1 saturated heterocycles. The Labute approximate surface area is 445 Å². The van der Waals surface area contributed by atoms with Gasteiger partial charge < -0.3 is 33.9 Å². The number of ether oxygens (including phenoxy) is 5. The van der Waals surface area contributed by atoms with Gasteiger partial charge >= 0.3 is 0 Å². The molecule has 2 amide bonds. The summed E-state index contributed by atoms with van der Waals surface area (Å²) in [4.78, 5) is 29.4. The first-order valence-electron chi connectivity index (χ1n) is 29.4. The average molecular weight is 1010 g/mol. The Hall–Kier alpha value is -3.60. The standard InChI is InChI=1S/C64H102N2O7/c1-7-9-11-13-15-17-19-20-21-23-25-36-44-59(70-48-56-40-32-28-33-41-56)63(71-49-57-42-34-29-35-43-57)58(65-61(67)46-66(6)62(68)45-37-26-24-22-18-16-14-12-10-8-2)50-72-64-54(5)52(3)53(4)60(73-64)51-69-47-55-38-30-27-31-39-55/h27-35,38-43,52-54,58-60,63-64H,7-26,36-37,44-51H2,1-6H3,(H,65,67)/t52-,53+,54?,58-,59+,60?,63-,64-/m0/s1. The molecule has 9 heteroatoms. The molecule has 0 aromatic heterocycles. The number of benzene rings is 3. The zero-order chi connectivity index (χ0) is 52.1. The van der Waals surface area contributed by atoms with E-state index in [1.807, 2.05) is 54.6 Å². The smallest absolute Gasteiger partial charge is 0.240 e. The van der Waals surface area contributed by atoms with E-state index in [2.05, 4.69) is 76.3 Å². The van der Waals surface area contributed by atoms with Crippen LogP contribution in [0.15, 0.2) is 91.0 Å². The molecule has 73 heavy (non-hydrogen) atoms. The van der Waals surface area contributed by atoms with Gasteiger partial charge in [0.05, 0.1) is 57.8 Å². The van der Waals surface area contributed by atoms with E-state index in [-0.39, 0.29) is 49.0 Å². The Balaban J connectivity index is 1.51. The van der Waals surface area contributed by atoms with E-state index in [0.717, 1.165) is 55.2 Å². The number of likely N-dealkylation sites (N-methyl/N-ethyl adjacent to an activating group) is 1. The number of nitrogens with one attached hydrogen (secondary N) is 1. The SMILES string of the molecule is CCCCCCCCCCCCCC[C@@H](OCc1ccccc1)[C@@H](OCc1ccccc1)[C@H](CO[C@H]1OC(COCc2ccccc2)[C@H](C)[C@H](C)C1C)NC(=O)CN(C)C(=O)CCCCCCCCCCCC. The maximum Gasteiger partial charge on any atom is 0.240 e. The second kappa shape index (κ2) is 38.9. The molecule has 0 saturated carbocycles. The van der Waals surface area contributed by atoms with E-state index in [1.54, 1.807) is 11.9 Å². The van der Waals surface area contributed by atoms with Crippen LogP contribution >= 0.6 is 0 Å². The summed E-state index contributed by atoms with van der Waals surface area (Å²) in [6.07, 6.45) is 26.8. The quantitative estimate of drug-likeness (QED) is 0.0565. The molecule has 9 nitrogen and oxygen atoms in total. The van der Waals surface area contributed by atoms with E-state index >= 15 is 0 Å². The van der Waals surface area contributed by atoms with Gasteiger partial charge in [-0.1, -0.05) is 260 Å². The molecule has 0 aliphatic carbocycles. The molecule has 1 N–H and O–H groups in total. The van der Waals surface area contributed by atoms with E-state index in [9.17, 15) is 9.59 Å². The van der Waals surface area contributed by atoms with Crippen LogP contribution in [0.25, 0.3) is 0 Å². The van der Waals surface area contributed by atoms with E-state index in [1.165, 1.54) is 109 Å². The van der Waals surface area contributed by atoms with Crippen molar-refractivity contribution in [3.63, 3.8) is 0 Å². The van der Waals surface area contributed by atoms with Crippen molar-refractivity contribution in [2.75, 3.05) is 26.8 Å². The number of unbranched alkanes of at least 4 members (excludes halogenated alkanes) is 20. The maximum absolute atomic E-state index is 14.4. The highest BCUT2D eigenvalue weighted by Crippen LogP contribution is 2.36. The molecule has 1 heterocycles. The molecule has 2 unspecified atom stereocenters. The van der Waals surface area contributed by atoms with Crippen molar-refractivity contribution in [2.45, 2.75) is 239 Å². The summed E-state index contributed by atoms with van der Waals surface area (Å²) in [7, 11) is 1.74. The number of carbonyl (C=O) groups excluding carboxylic acids is 2. The molecule has 0 bridgehead atoms. The lowest BCUT2D eigenvalue weighted by Crippen LogP contribution is -2.56. The Kier molecular flexibility index (Phi) is 33.0. The van der Waals surface area contributed by atoms with Crippen molar-refractivity contribution in [3.8, 4) is 0 Å². The van der Waals surface area contributed by atoms with Gasteiger partial charge in [0, 0.05) is 19.4 Å². The van der Waals surface area contributed by atoms with E-state index < -0.39 is 18.4 Å². The van der Waals surface area contributed by atoms with Gasteiger partial charge in [0.25, 0.3) is 0 Å². The minimum absolute atomic E-state index is 0.0106. The number of carbonyl (C=O) groups is 2. The molecular weight excluding hydrogens is 909 g/mol. The second-order valence-electron chi connectivity index (χ2n) is 21.6. The van der Waals surface area contributed by atoms with Crippen LogP contribution < -0.4 is 5.32 Å². The van der Waals surface area contributed by atoms with Crippen molar-refractivity contribution in [1.82, 2.24) is 10.2 Å². The Morgan fingerprint density at radius 3 is 1.52 bits per heavy atom. The molecule has 3 aromatic carbocycles. The van der Waals surface area contributed by atoms with Crippen molar-refractivity contribution < 1.29 is 33.3 Å². The van der Waals surface area contributed by atoms with Gasteiger partial charge in [0.2, 0.25) is 11.8 Å². The van der Waals surface area contributed by atoms with Gasteiger partial charge in [-0.25, -0.2) is 0 Å². The predicted octanol–water partition coefficient (Wildman–Crippen LogP) is 15.4. The largest absolute Gasteiger partial charge is 0.374 e. The first-order valence-corrected chi connectivity index (χ1v) is 29.4. The average Bonchev–Trinajstić information content (AvgIpc) is 3.40. The topological polar surface area (TPSA) is 95.6 Å². The number of rotatable bonds is 42. The van der Waals surface area contributed by atoms with Crippen LogP contribution in [0.5, 0.6) is 0 Å². The van der Waals surface area contributed by atoms with Gasteiger partial charge in [-0.3, -0.25) is 9.59 Å². The molecule has 4 rings (SSSR count). The summed E-state index contributed by atoms with van der Waals surface area (Å²) in [6, 6.07) is 30.1. The fourth-order valence-corrected chi connectivity index (χ4v) is 10.2. The summed E-state index contributed by atoms with van der Waals surface area (Å²) < 4.78 is 33.9. The van der Waals surface area contributed by atoms with Crippen molar-refractivity contribution in [3.05, 3.63) is 108 Å². The summed E-state index contributed by atoms with van der Waals surface area (Å²) in [5.74, 6) is 0.373. The number of amides is 2. The molecule has 1 aliphatic rings. The second-order valence-corrected chi connectivity index (χ2v) is 21.6. The van der Waals surface area contributed by atoms with Crippen LogP contribution in [0.1, 0.15) is 205 Å². The first-order chi connectivity index (χ1) is 35.7. The number of hydrogen-bond acceptors (Lipinski definition) is 7. The minimum atomic E-state index is -0.613. The van der Waals surface area contributed by atoms with E-state index in [4.69, 9.17) is 23.7 Å². The Morgan fingerprint density at radius 1 is 0.562 bits per heavy atom. The fraction of sp³-hybridized carbons (Fsp3) is 0.688. The summed E-state index contributed by atoms with van der Waals surface area (Å²) in [6.45, 7) is 13.0. The normalized spacial score (nSPS) is 19.1. The number of hydrogen-bond donors (Lipinski definition) is 1. The van der Waals surface area contributed by atoms with Gasteiger partial charge in [0.1, 0.15) is 6.10 Å². The fourth-order valence-electron chi connectivity index (χ4n) is 10.2. The lowest BCUT2D eigenvalue weighted by atomic mass is 9.79. The molecule has 8 atom stereocenters. The third-order valence-electron chi connectivity index (χ3n) is 15.4. The van der Waals surface area contributed by atoms with Crippen LogP contribution in [0.2, 0.25) is 0 Å². The third-order valence-corrected chi connectivity index (χ3v) is 15.4. The molecule has 3 aromatic rings. The van der Waals surface area contributed by atoms with Crippen LogP contribution in [0.3, 0.4) is 0 Å². The van der Waals surface area contributed by atoms with Crippen molar-refractivity contribution in [1.29, 1.82) is 0 Å². The van der Waals surface area contributed by atoms with Gasteiger partial charge in [-0.05, 0) is 41.4 Å². The highest BCUT2D eigenvalue weighted by atomic mass is 16.7. The highest BCUT2D eigenvalue weighted by molar-refractivity contribution is 5.84. The number of nitrogens with zero attached hydrogens (tertiary/aromatic N) is 1. The Morgan fingerprint density at radius 2 is 1.01 bits per heavy atom. The molecule has 410 valence electrons. The van der Waals surface area contributed by atoms with Crippen LogP contribution in [0.4, 0.5) is 0 Å².